The summed E-state index contributed by atoms with van der Waals surface area (Å²) < 4.78 is 2.91. The lowest BCUT2D eigenvalue weighted by Crippen LogP contribution is -2.46. The Morgan fingerprint density at radius 3 is 2.60 bits per heavy atom. The Hall–Kier alpha value is -4.35. The van der Waals surface area contributed by atoms with Gasteiger partial charge in [0.1, 0.15) is 5.52 Å². The predicted molar refractivity (Wildman–Crippen MR) is 192 cm³/mol. The largest absolute Gasteiger partial charge is 0.364 e. The molecule has 2 atom stereocenters. The standard InChI is InChI=1S/C37H44N8O2S/c1-22-6-8-27(24(3)16-22)18-38-34-33-28(19-40-44(33)5)30(20-39-34)41-35(46)37(47)45-21-23(2)7-10-31(45)26-9-11-32-29(17-26)42-36(48-32)25-12-14-43(4)15-13-25/h6,8-9,11,16-17,19-20,23,25,31H,7,10,12-15,18,21H2,1-5H3,(H,38,39)(H,41,46)/t23-,31+/m0/s1. The van der Waals surface area contributed by atoms with Gasteiger partial charge in [-0.1, -0.05) is 36.8 Å². The van der Waals surface area contributed by atoms with Crippen molar-refractivity contribution >= 4 is 55.8 Å². The van der Waals surface area contributed by atoms with Gasteiger partial charge in [-0.05, 0) is 94.4 Å². The van der Waals surface area contributed by atoms with Crippen molar-refractivity contribution in [2.24, 2.45) is 13.0 Å². The van der Waals surface area contributed by atoms with Crippen molar-refractivity contribution in [2.45, 2.75) is 65.0 Å². The summed E-state index contributed by atoms with van der Waals surface area (Å²) >= 11 is 1.79. The second-order valence-corrected chi connectivity index (χ2v) is 14.9. The summed E-state index contributed by atoms with van der Waals surface area (Å²) in [5.41, 5.74) is 6.84. The molecular formula is C37H44N8O2S. The SMILES string of the molecule is Cc1ccc(CNc2ncc(NC(=O)C(=O)N3C[C@@H](C)CC[C@@H]3c3ccc4sc(C5CCN(C)CC5)nc4c3)c3cnn(C)c23)c(C)c1. The Balaban J connectivity index is 1.09. The number of hydrogen-bond acceptors (Lipinski definition) is 8. The molecule has 2 aromatic carbocycles. The Kier molecular flexibility index (Phi) is 8.91. The van der Waals surface area contributed by atoms with Gasteiger partial charge in [-0.3, -0.25) is 14.3 Å². The summed E-state index contributed by atoms with van der Waals surface area (Å²) in [7, 11) is 4.02. The van der Waals surface area contributed by atoms with Gasteiger partial charge in [-0.25, -0.2) is 9.97 Å². The molecule has 3 aromatic heterocycles. The fraction of sp³-hybridized carbons (Fsp3) is 0.432. The van der Waals surface area contributed by atoms with Crippen LogP contribution in [0.2, 0.25) is 0 Å². The molecule has 0 radical (unpaired) electrons. The maximum Gasteiger partial charge on any atom is 0.313 e. The van der Waals surface area contributed by atoms with Crippen LogP contribution in [0.1, 0.15) is 71.8 Å². The molecule has 0 unspecified atom stereocenters. The molecule has 0 saturated carbocycles. The van der Waals surface area contributed by atoms with E-state index in [2.05, 4.69) is 89.8 Å². The lowest BCUT2D eigenvalue weighted by atomic mass is 9.89. The van der Waals surface area contributed by atoms with Crippen LogP contribution in [0.3, 0.4) is 0 Å². The van der Waals surface area contributed by atoms with Crippen LogP contribution in [0.15, 0.2) is 48.8 Å². The van der Waals surface area contributed by atoms with Crippen molar-refractivity contribution in [1.29, 1.82) is 0 Å². The quantitative estimate of drug-likeness (QED) is 0.198. The van der Waals surface area contributed by atoms with Crippen molar-refractivity contribution in [3.8, 4) is 0 Å². The van der Waals surface area contributed by atoms with E-state index in [9.17, 15) is 9.59 Å². The van der Waals surface area contributed by atoms with Crippen LogP contribution in [0.4, 0.5) is 11.5 Å². The highest BCUT2D eigenvalue weighted by Crippen LogP contribution is 2.38. The first-order chi connectivity index (χ1) is 23.1. The highest BCUT2D eigenvalue weighted by atomic mass is 32.1. The Morgan fingerprint density at radius 2 is 1.81 bits per heavy atom. The lowest BCUT2D eigenvalue weighted by Gasteiger charge is -2.38. The fourth-order valence-corrected chi connectivity index (χ4v) is 8.37. The predicted octanol–water partition coefficient (Wildman–Crippen LogP) is 6.55. The van der Waals surface area contributed by atoms with E-state index in [4.69, 9.17) is 4.98 Å². The first kappa shape index (κ1) is 32.2. The van der Waals surface area contributed by atoms with Crippen molar-refractivity contribution in [3.05, 3.63) is 76.1 Å². The summed E-state index contributed by atoms with van der Waals surface area (Å²) in [5.74, 6) is 0.256. The summed E-state index contributed by atoms with van der Waals surface area (Å²) in [5, 5.41) is 12.7. The summed E-state index contributed by atoms with van der Waals surface area (Å²) in [6, 6.07) is 12.6. The van der Waals surface area contributed by atoms with Gasteiger partial charge in [0, 0.05) is 31.4 Å². The van der Waals surface area contributed by atoms with E-state index in [-0.39, 0.29) is 6.04 Å². The van der Waals surface area contributed by atoms with Gasteiger partial charge in [0.15, 0.2) is 5.82 Å². The van der Waals surface area contributed by atoms with E-state index in [1.807, 2.05) is 7.05 Å². The molecule has 2 N–H and O–H groups in total. The van der Waals surface area contributed by atoms with E-state index in [0.29, 0.717) is 36.4 Å². The Bertz CT molecular complexity index is 1990. The van der Waals surface area contributed by atoms with Gasteiger partial charge in [0.2, 0.25) is 0 Å². The molecule has 2 aliphatic heterocycles. The zero-order chi connectivity index (χ0) is 33.5. The number of carbonyl (C=O) groups excluding carboxylic acids is 2. The summed E-state index contributed by atoms with van der Waals surface area (Å²) in [6.45, 7) is 9.65. The summed E-state index contributed by atoms with van der Waals surface area (Å²) in [4.78, 5) is 41.4. The lowest BCUT2D eigenvalue weighted by molar-refractivity contribution is -0.146. The number of aromatic nitrogens is 4. The molecule has 2 amide bonds. The van der Waals surface area contributed by atoms with Gasteiger partial charge in [0.25, 0.3) is 0 Å². The third-order valence-corrected chi connectivity index (χ3v) is 11.3. The van der Waals surface area contributed by atoms with Gasteiger partial charge < -0.3 is 20.4 Å². The van der Waals surface area contributed by atoms with Crippen LogP contribution in [0.5, 0.6) is 0 Å². The minimum atomic E-state index is -0.670. The van der Waals surface area contributed by atoms with E-state index in [1.54, 1.807) is 33.3 Å². The normalized spacial score (nSPS) is 19.2. The van der Waals surface area contributed by atoms with Crippen molar-refractivity contribution in [3.63, 3.8) is 0 Å². The van der Waals surface area contributed by atoms with E-state index in [1.165, 1.54) is 26.4 Å². The highest BCUT2D eigenvalue weighted by Gasteiger charge is 2.35. The van der Waals surface area contributed by atoms with E-state index < -0.39 is 11.8 Å². The number of thiazole rings is 1. The van der Waals surface area contributed by atoms with Crippen molar-refractivity contribution < 1.29 is 9.59 Å². The molecule has 250 valence electrons. The molecular weight excluding hydrogens is 621 g/mol. The van der Waals surface area contributed by atoms with Crippen LogP contribution >= 0.6 is 11.3 Å². The van der Waals surface area contributed by atoms with Crippen LogP contribution in [0.25, 0.3) is 21.1 Å². The van der Waals surface area contributed by atoms with Crippen LogP contribution in [-0.2, 0) is 23.2 Å². The number of amides is 2. The zero-order valence-electron chi connectivity index (χ0n) is 28.4. The fourth-order valence-electron chi connectivity index (χ4n) is 7.26. The van der Waals surface area contributed by atoms with Gasteiger partial charge in [-0.15, -0.1) is 11.3 Å². The number of hydrogen-bond donors (Lipinski definition) is 2. The van der Waals surface area contributed by atoms with Gasteiger partial charge in [0.05, 0.1) is 39.3 Å². The van der Waals surface area contributed by atoms with Gasteiger partial charge in [-0.2, -0.15) is 5.10 Å². The second-order valence-electron chi connectivity index (χ2n) is 13.8. The molecule has 10 nitrogen and oxygen atoms in total. The molecule has 2 aliphatic rings. The Labute approximate surface area is 285 Å². The number of nitrogens with one attached hydrogen (secondary N) is 2. The number of rotatable bonds is 6. The number of pyridine rings is 1. The molecule has 5 heterocycles. The number of likely N-dealkylation sites (tertiary alicyclic amines) is 2. The molecule has 0 spiro atoms. The molecule has 0 bridgehead atoms. The molecule has 11 heteroatoms. The number of anilines is 2. The van der Waals surface area contributed by atoms with Gasteiger partial charge >= 0.3 is 11.8 Å². The zero-order valence-corrected chi connectivity index (χ0v) is 29.2. The average molecular weight is 665 g/mol. The van der Waals surface area contributed by atoms with E-state index in [0.717, 1.165) is 60.8 Å². The molecule has 7 rings (SSSR count). The number of benzene rings is 2. The number of nitrogens with zero attached hydrogens (tertiary/aromatic N) is 6. The molecule has 0 aliphatic carbocycles. The minimum Gasteiger partial charge on any atom is -0.364 e. The average Bonchev–Trinajstić information content (AvgIpc) is 3.68. The molecule has 48 heavy (non-hydrogen) atoms. The second kappa shape index (κ2) is 13.3. The summed E-state index contributed by atoms with van der Waals surface area (Å²) in [6.07, 6.45) is 7.36. The van der Waals surface area contributed by atoms with Crippen molar-refractivity contribution in [1.82, 2.24) is 29.5 Å². The monoisotopic (exact) mass is 664 g/mol. The maximum atomic E-state index is 13.9. The molecule has 2 fully saturated rings. The third kappa shape index (κ3) is 6.41. The first-order valence-corrected chi connectivity index (χ1v) is 17.8. The first-order valence-electron chi connectivity index (χ1n) is 17.0. The highest BCUT2D eigenvalue weighted by molar-refractivity contribution is 7.18. The number of fused-ring (bicyclic) bond motifs is 2. The van der Waals surface area contributed by atoms with Crippen LogP contribution in [0, 0.1) is 19.8 Å². The maximum absolute atomic E-state index is 13.9. The molecule has 5 aromatic rings. The van der Waals surface area contributed by atoms with Crippen LogP contribution < -0.4 is 10.6 Å². The third-order valence-electron chi connectivity index (χ3n) is 10.1. The minimum absolute atomic E-state index is 0.189. The van der Waals surface area contributed by atoms with Crippen molar-refractivity contribution in [2.75, 3.05) is 37.3 Å². The number of aryl methyl sites for hydroxylation is 3. The topological polar surface area (TPSA) is 108 Å². The van der Waals surface area contributed by atoms with E-state index >= 15 is 0 Å². The number of carbonyl (C=O) groups is 2. The van der Waals surface area contributed by atoms with Crippen LogP contribution in [-0.4, -0.2) is 68.0 Å². The Morgan fingerprint density at radius 1 is 1.00 bits per heavy atom. The number of piperidine rings is 2. The molecule has 2 saturated heterocycles. The smallest absolute Gasteiger partial charge is 0.313 e.